The molecule has 0 saturated carbocycles. The van der Waals surface area contributed by atoms with Gasteiger partial charge in [0.25, 0.3) is 0 Å². The van der Waals surface area contributed by atoms with Gasteiger partial charge < -0.3 is 4.74 Å². The van der Waals surface area contributed by atoms with Gasteiger partial charge in [0.2, 0.25) is 5.82 Å². The van der Waals surface area contributed by atoms with Crippen molar-refractivity contribution in [3.05, 3.63) is 41.7 Å². The molecule has 0 N–H and O–H groups in total. The lowest BCUT2D eigenvalue weighted by atomic mass is 10.1. The number of fused-ring (bicyclic) bond motifs is 1. The number of hydrogen-bond acceptors (Lipinski definition) is 4. The Morgan fingerprint density at radius 3 is 2.32 bits per heavy atom. The summed E-state index contributed by atoms with van der Waals surface area (Å²) in [6, 6.07) is 6.66. The second-order valence-corrected chi connectivity index (χ2v) is 5.43. The van der Waals surface area contributed by atoms with E-state index in [-0.39, 0.29) is 17.1 Å². The standard InChI is InChI=1S/C15H11F5N4O/c1-8-7-9(25-15(18,19)20)3-4-10(8)11-5-6-12-21-22-13(14(2,16)17)24(12)23-11/h3-7H,1-2H3. The van der Waals surface area contributed by atoms with Crippen molar-refractivity contribution in [3.8, 4) is 17.0 Å². The third-order valence-corrected chi connectivity index (χ3v) is 3.36. The first-order valence-electron chi connectivity index (χ1n) is 7.02. The fourth-order valence-corrected chi connectivity index (χ4v) is 2.33. The van der Waals surface area contributed by atoms with Gasteiger partial charge in [-0.1, -0.05) is 0 Å². The normalized spacial score (nSPS) is 12.6. The summed E-state index contributed by atoms with van der Waals surface area (Å²) in [5, 5.41) is 11.1. The van der Waals surface area contributed by atoms with Crippen LogP contribution in [0.15, 0.2) is 30.3 Å². The molecule has 25 heavy (non-hydrogen) atoms. The Kier molecular flexibility index (Phi) is 3.85. The molecule has 10 heteroatoms. The molecule has 0 aliphatic rings. The molecular formula is C15H11F5N4O. The number of benzene rings is 1. The minimum absolute atomic E-state index is 0.134. The second-order valence-electron chi connectivity index (χ2n) is 5.43. The zero-order valence-corrected chi connectivity index (χ0v) is 13.0. The van der Waals surface area contributed by atoms with Gasteiger partial charge in [-0.3, -0.25) is 0 Å². The molecule has 0 aliphatic carbocycles. The quantitative estimate of drug-likeness (QED) is 0.661. The molecule has 0 amide bonds. The Labute approximate surface area is 138 Å². The van der Waals surface area contributed by atoms with Gasteiger partial charge in [0, 0.05) is 12.5 Å². The van der Waals surface area contributed by atoms with E-state index in [1.807, 2.05) is 0 Å². The van der Waals surface area contributed by atoms with E-state index < -0.39 is 18.1 Å². The summed E-state index contributed by atoms with van der Waals surface area (Å²) in [6.07, 6.45) is -4.80. The first kappa shape index (κ1) is 17.1. The predicted molar refractivity (Wildman–Crippen MR) is 77.2 cm³/mol. The highest BCUT2D eigenvalue weighted by Gasteiger charge is 2.32. The number of halogens is 5. The third-order valence-electron chi connectivity index (χ3n) is 3.36. The smallest absolute Gasteiger partial charge is 0.406 e. The molecule has 0 spiro atoms. The Balaban J connectivity index is 2.04. The zero-order valence-electron chi connectivity index (χ0n) is 13.0. The number of aryl methyl sites for hydroxylation is 1. The molecule has 0 saturated heterocycles. The van der Waals surface area contributed by atoms with Crippen molar-refractivity contribution in [2.24, 2.45) is 0 Å². The third kappa shape index (κ3) is 3.52. The molecule has 0 bridgehead atoms. The molecule has 0 aliphatic heterocycles. The van der Waals surface area contributed by atoms with Crippen LogP contribution in [0.3, 0.4) is 0 Å². The van der Waals surface area contributed by atoms with Gasteiger partial charge in [0.1, 0.15) is 5.75 Å². The van der Waals surface area contributed by atoms with Crippen LogP contribution in [-0.4, -0.2) is 26.2 Å². The molecule has 2 aromatic heterocycles. The van der Waals surface area contributed by atoms with Crippen molar-refractivity contribution < 1.29 is 26.7 Å². The number of aromatic nitrogens is 4. The van der Waals surface area contributed by atoms with Crippen molar-refractivity contribution in [2.75, 3.05) is 0 Å². The lowest BCUT2D eigenvalue weighted by Gasteiger charge is -2.12. The van der Waals surface area contributed by atoms with Crippen LogP contribution in [0.1, 0.15) is 18.3 Å². The number of nitrogens with zero attached hydrogens (tertiary/aromatic N) is 4. The first-order chi connectivity index (χ1) is 11.5. The van der Waals surface area contributed by atoms with Crippen LogP contribution in [0.4, 0.5) is 22.0 Å². The van der Waals surface area contributed by atoms with Crippen LogP contribution in [0, 0.1) is 6.92 Å². The summed E-state index contributed by atoms with van der Waals surface area (Å²) in [4.78, 5) is 0. The fourth-order valence-electron chi connectivity index (χ4n) is 2.33. The zero-order chi connectivity index (χ0) is 18.4. The van der Waals surface area contributed by atoms with Gasteiger partial charge in [-0.2, -0.15) is 18.4 Å². The maximum absolute atomic E-state index is 13.6. The van der Waals surface area contributed by atoms with Gasteiger partial charge >= 0.3 is 12.3 Å². The van der Waals surface area contributed by atoms with E-state index in [0.29, 0.717) is 18.1 Å². The van der Waals surface area contributed by atoms with Gasteiger partial charge in [0.15, 0.2) is 5.65 Å². The monoisotopic (exact) mass is 358 g/mol. The Morgan fingerprint density at radius 1 is 1.00 bits per heavy atom. The number of rotatable bonds is 3. The topological polar surface area (TPSA) is 52.3 Å². The molecule has 132 valence electrons. The molecule has 3 rings (SSSR count). The van der Waals surface area contributed by atoms with E-state index in [1.54, 1.807) is 6.92 Å². The van der Waals surface area contributed by atoms with E-state index in [4.69, 9.17) is 0 Å². The molecule has 1 aromatic carbocycles. The summed E-state index contributed by atoms with van der Waals surface area (Å²) >= 11 is 0. The fraction of sp³-hybridized carbons (Fsp3) is 0.267. The molecular weight excluding hydrogens is 347 g/mol. The SMILES string of the molecule is Cc1cc(OC(F)(F)F)ccc1-c1ccc2nnc(C(C)(F)F)n2n1. The summed E-state index contributed by atoms with van der Waals surface area (Å²) in [5.74, 6) is -4.25. The average molecular weight is 358 g/mol. The second kappa shape index (κ2) is 5.64. The van der Waals surface area contributed by atoms with Crippen molar-refractivity contribution in [1.29, 1.82) is 0 Å². The summed E-state index contributed by atoms with van der Waals surface area (Å²) in [5.41, 5.74) is 1.32. The minimum Gasteiger partial charge on any atom is -0.406 e. The van der Waals surface area contributed by atoms with Crippen LogP contribution >= 0.6 is 0 Å². The van der Waals surface area contributed by atoms with Crippen molar-refractivity contribution >= 4 is 5.65 Å². The molecule has 3 aromatic rings. The lowest BCUT2D eigenvalue weighted by molar-refractivity contribution is -0.274. The van der Waals surface area contributed by atoms with Crippen molar-refractivity contribution in [2.45, 2.75) is 26.1 Å². The summed E-state index contributed by atoms with van der Waals surface area (Å²) in [6.45, 7) is 2.23. The van der Waals surface area contributed by atoms with Crippen LogP contribution in [0.5, 0.6) is 5.75 Å². The molecule has 0 radical (unpaired) electrons. The highest BCUT2D eigenvalue weighted by Crippen LogP contribution is 2.30. The van der Waals surface area contributed by atoms with Crippen LogP contribution < -0.4 is 4.74 Å². The summed E-state index contributed by atoms with van der Waals surface area (Å²) < 4.78 is 68.7. The van der Waals surface area contributed by atoms with Crippen LogP contribution in [0.2, 0.25) is 0 Å². The van der Waals surface area contributed by atoms with Crippen molar-refractivity contribution in [1.82, 2.24) is 19.8 Å². The van der Waals surface area contributed by atoms with Gasteiger partial charge in [-0.25, -0.2) is 0 Å². The van der Waals surface area contributed by atoms with Crippen molar-refractivity contribution in [3.63, 3.8) is 0 Å². The molecule has 0 atom stereocenters. The first-order valence-corrected chi connectivity index (χ1v) is 7.02. The van der Waals surface area contributed by atoms with Crippen LogP contribution in [-0.2, 0) is 5.92 Å². The van der Waals surface area contributed by atoms with E-state index >= 15 is 0 Å². The molecule has 0 fully saturated rings. The van der Waals surface area contributed by atoms with Crippen LogP contribution in [0.25, 0.3) is 16.9 Å². The average Bonchev–Trinajstić information content (AvgIpc) is 2.88. The molecule has 0 unspecified atom stereocenters. The Bertz CT molecular complexity index is 930. The predicted octanol–water partition coefficient (Wildman–Crippen LogP) is 4.11. The molecule has 5 nitrogen and oxygen atoms in total. The van der Waals surface area contributed by atoms with E-state index in [2.05, 4.69) is 20.0 Å². The Hall–Kier alpha value is -2.78. The maximum atomic E-state index is 13.6. The van der Waals surface area contributed by atoms with E-state index in [0.717, 1.165) is 10.6 Å². The number of ether oxygens (including phenoxy) is 1. The highest BCUT2D eigenvalue weighted by molar-refractivity contribution is 5.65. The maximum Gasteiger partial charge on any atom is 0.573 e. The van der Waals surface area contributed by atoms with E-state index in [9.17, 15) is 22.0 Å². The molecule has 2 heterocycles. The largest absolute Gasteiger partial charge is 0.573 e. The Morgan fingerprint density at radius 2 is 1.72 bits per heavy atom. The minimum atomic E-state index is -4.80. The van der Waals surface area contributed by atoms with E-state index in [1.165, 1.54) is 24.3 Å². The number of hydrogen-bond donors (Lipinski definition) is 0. The highest BCUT2D eigenvalue weighted by atomic mass is 19.4. The number of alkyl halides is 5. The summed E-state index contributed by atoms with van der Waals surface area (Å²) in [7, 11) is 0. The van der Waals surface area contributed by atoms with Gasteiger partial charge in [-0.15, -0.1) is 23.4 Å². The van der Waals surface area contributed by atoms with Gasteiger partial charge in [0.05, 0.1) is 5.69 Å². The lowest BCUT2D eigenvalue weighted by Crippen LogP contribution is -2.17. The van der Waals surface area contributed by atoms with Gasteiger partial charge in [-0.05, 0) is 42.8 Å².